The largest absolute Gasteiger partial charge is 0.359 e. The standard InChI is InChI=1S/C10H12N4O3/c1-6-2-3-11-10(9(6)14(16)17)13-7-4-8(15)12-5-7/h2-3,7H,4-5H2,1H3,(H,11,13)(H,12,15). The van der Waals surface area contributed by atoms with Gasteiger partial charge in [0, 0.05) is 24.7 Å². The molecule has 0 saturated carbocycles. The van der Waals surface area contributed by atoms with E-state index in [2.05, 4.69) is 15.6 Å². The van der Waals surface area contributed by atoms with Gasteiger partial charge in [0.25, 0.3) is 0 Å². The Morgan fingerprint density at radius 2 is 2.41 bits per heavy atom. The van der Waals surface area contributed by atoms with Crippen LogP contribution in [-0.4, -0.2) is 28.4 Å². The van der Waals surface area contributed by atoms with E-state index >= 15 is 0 Å². The van der Waals surface area contributed by atoms with Crippen molar-refractivity contribution in [2.45, 2.75) is 19.4 Å². The molecule has 0 radical (unpaired) electrons. The second kappa shape index (κ2) is 4.36. The molecule has 7 heteroatoms. The van der Waals surface area contributed by atoms with Gasteiger partial charge in [-0.25, -0.2) is 4.98 Å². The first-order chi connectivity index (χ1) is 8.08. The summed E-state index contributed by atoms with van der Waals surface area (Å²) in [6, 6.07) is 1.44. The van der Waals surface area contributed by atoms with E-state index in [1.165, 1.54) is 6.20 Å². The minimum absolute atomic E-state index is 0.0353. The predicted octanol–water partition coefficient (Wildman–Crippen LogP) is 0.599. The Morgan fingerprint density at radius 3 is 3.00 bits per heavy atom. The number of amides is 1. The van der Waals surface area contributed by atoms with Crippen LogP contribution in [0, 0.1) is 17.0 Å². The van der Waals surface area contributed by atoms with Gasteiger partial charge in [-0.15, -0.1) is 0 Å². The Labute approximate surface area is 97.4 Å². The molecule has 1 aliphatic rings. The maximum Gasteiger partial charge on any atom is 0.314 e. The van der Waals surface area contributed by atoms with Crippen LogP contribution in [0.3, 0.4) is 0 Å². The number of hydrogen-bond donors (Lipinski definition) is 2. The molecule has 2 rings (SSSR count). The zero-order valence-electron chi connectivity index (χ0n) is 9.27. The topological polar surface area (TPSA) is 97.2 Å². The van der Waals surface area contributed by atoms with Crippen molar-refractivity contribution in [2.75, 3.05) is 11.9 Å². The lowest BCUT2D eigenvalue weighted by atomic mass is 10.2. The van der Waals surface area contributed by atoms with Gasteiger partial charge in [-0.1, -0.05) is 0 Å². The number of aryl methyl sites for hydroxylation is 1. The van der Waals surface area contributed by atoms with Crippen LogP contribution in [0.2, 0.25) is 0 Å². The van der Waals surface area contributed by atoms with Gasteiger partial charge in [-0.05, 0) is 13.0 Å². The first-order valence-electron chi connectivity index (χ1n) is 5.21. The van der Waals surface area contributed by atoms with Crippen molar-refractivity contribution in [3.63, 3.8) is 0 Å². The van der Waals surface area contributed by atoms with Crippen molar-refractivity contribution >= 4 is 17.4 Å². The van der Waals surface area contributed by atoms with Crippen LogP contribution < -0.4 is 10.6 Å². The molecule has 1 saturated heterocycles. The highest BCUT2D eigenvalue weighted by Gasteiger charge is 2.25. The van der Waals surface area contributed by atoms with Crippen LogP contribution in [0.4, 0.5) is 11.5 Å². The third kappa shape index (κ3) is 2.32. The highest BCUT2D eigenvalue weighted by molar-refractivity contribution is 5.80. The number of nitro groups is 1. The highest BCUT2D eigenvalue weighted by atomic mass is 16.6. The van der Waals surface area contributed by atoms with E-state index in [9.17, 15) is 14.9 Å². The van der Waals surface area contributed by atoms with Crippen molar-refractivity contribution in [1.29, 1.82) is 0 Å². The number of nitrogens with one attached hydrogen (secondary N) is 2. The van der Waals surface area contributed by atoms with Gasteiger partial charge in [-0.2, -0.15) is 0 Å². The van der Waals surface area contributed by atoms with Gasteiger partial charge in [-0.3, -0.25) is 14.9 Å². The summed E-state index contributed by atoms with van der Waals surface area (Å²) in [7, 11) is 0. The Hall–Kier alpha value is -2.18. The molecule has 1 aromatic heterocycles. The predicted molar refractivity (Wildman–Crippen MR) is 60.7 cm³/mol. The van der Waals surface area contributed by atoms with Crippen molar-refractivity contribution in [1.82, 2.24) is 10.3 Å². The number of pyridine rings is 1. The molecule has 1 fully saturated rings. The van der Waals surface area contributed by atoms with E-state index in [0.717, 1.165) is 0 Å². The number of aromatic nitrogens is 1. The second-order valence-corrected chi connectivity index (χ2v) is 3.93. The summed E-state index contributed by atoms with van der Waals surface area (Å²) < 4.78 is 0. The summed E-state index contributed by atoms with van der Waals surface area (Å²) in [6.45, 7) is 2.12. The number of carbonyl (C=O) groups excluding carboxylic acids is 1. The third-order valence-corrected chi connectivity index (χ3v) is 2.63. The molecule has 0 bridgehead atoms. The fraction of sp³-hybridized carbons (Fsp3) is 0.400. The summed E-state index contributed by atoms with van der Waals surface area (Å²) in [5.74, 6) is 0.161. The van der Waals surface area contributed by atoms with Crippen molar-refractivity contribution in [3.05, 3.63) is 27.9 Å². The monoisotopic (exact) mass is 236 g/mol. The SMILES string of the molecule is Cc1ccnc(NC2CNC(=O)C2)c1[N+](=O)[O-]. The summed E-state index contributed by atoms with van der Waals surface area (Å²) >= 11 is 0. The normalized spacial score (nSPS) is 18.9. The maximum absolute atomic E-state index is 11.0. The first-order valence-corrected chi connectivity index (χ1v) is 5.21. The van der Waals surface area contributed by atoms with E-state index < -0.39 is 4.92 Å². The molecular weight excluding hydrogens is 224 g/mol. The van der Waals surface area contributed by atoms with E-state index in [1.807, 2.05) is 0 Å². The van der Waals surface area contributed by atoms with Gasteiger partial charge < -0.3 is 10.6 Å². The first kappa shape index (κ1) is 11.3. The van der Waals surface area contributed by atoms with Gasteiger partial charge in [0.15, 0.2) is 0 Å². The molecule has 0 aromatic carbocycles. The zero-order valence-corrected chi connectivity index (χ0v) is 9.27. The van der Waals surface area contributed by atoms with Gasteiger partial charge in [0.1, 0.15) is 0 Å². The smallest absolute Gasteiger partial charge is 0.314 e. The lowest BCUT2D eigenvalue weighted by Crippen LogP contribution is -2.23. The number of hydrogen-bond acceptors (Lipinski definition) is 5. The van der Waals surface area contributed by atoms with E-state index in [1.54, 1.807) is 13.0 Å². The highest BCUT2D eigenvalue weighted by Crippen LogP contribution is 2.26. The quantitative estimate of drug-likeness (QED) is 0.591. The van der Waals surface area contributed by atoms with Crippen molar-refractivity contribution < 1.29 is 9.72 Å². The number of anilines is 1. The molecule has 2 heterocycles. The molecule has 0 spiro atoms. The number of rotatable bonds is 3. The van der Waals surface area contributed by atoms with Gasteiger partial charge in [0.05, 0.1) is 11.0 Å². The summed E-state index contributed by atoms with van der Waals surface area (Å²) in [6.07, 6.45) is 1.82. The van der Waals surface area contributed by atoms with Crippen molar-refractivity contribution in [3.8, 4) is 0 Å². The van der Waals surface area contributed by atoms with Crippen LogP contribution in [0.15, 0.2) is 12.3 Å². The lowest BCUT2D eigenvalue weighted by molar-refractivity contribution is -0.384. The fourth-order valence-electron chi connectivity index (χ4n) is 1.79. The molecule has 90 valence electrons. The summed E-state index contributed by atoms with van der Waals surface area (Å²) in [5, 5.41) is 16.5. The number of carbonyl (C=O) groups is 1. The van der Waals surface area contributed by atoms with Crippen LogP contribution >= 0.6 is 0 Å². The Bertz CT molecular complexity index is 475. The Kier molecular flexibility index (Phi) is 2.90. The summed E-state index contributed by atoms with van der Waals surface area (Å²) in [5.41, 5.74) is 0.511. The molecule has 7 nitrogen and oxygen atoms in total. The third-order valence-electron chi connectivity index (χ3n) is 2.63. The van der Waals surface area contributed by atoms with Crippen LogP contribution in [0.5, 0.6) is 0 Å². The average molecular weight is 236 g/mol. The number of nitrogens with zero attached hydrogens (tertiary/aromatic N) is 2. The molecular formula is C10H12N4O3. The van der Waals surface area contributed by atoms with Gasteiger partial charge in [0.2, 0.25) is 11.7 Å². The minimum atomic E-state index is -0.463. The molecule has 1 aromatic rings. The van der Waals surface area contributed by atoms with Gasteiger partial charge >= 0.3 is 5.69 Å². The Balaban J connectivity index is 2.23. The molecule has 17 heavy (non-hydrogen) atoms. The van der Waals surface area contributed by atoms with Crippen LogP contribution in [0.1, 0.15) is 12.0 Å². The lowest BCUT2D eigenvalue weighted by Gasteiger charge is -2.11. The van der Waals surface area contributed by atoms with E-state index in [-0.39, 0.29) is 23.5 Å². The average Bonchev–Trinajstić information content (AvgIpc) is 2.63. The fourth-order valence-corrected chi connectivity index (χ4v) is 1.79. The Morgan fingerprint density at radius 1 is 1.65 bits per heavy atom. The summed E-state index contributed by atoms with van der Waals surface area (Å²) in [4.78, 5) is 25.4. The molecule has 0 aliphatic carbocycles. The minimum Gasteiger partial charge on any atom is -0.359 e. The molecule has 1 atom stereocenters. The van der Waals surface area contributed by atoms with Crippen molar-refractivity contribution in [2.24, 2.45) is 0 Å². The van der Waals surface area contributed by atoms with Crippen LogP contribution in [0.25, 0.3) is 0 Å². The second-order valence-electron chi connectivity index (χ2n) is 3.93. The van der Waals surface area contributed by atoms with E-state index in [0.29, 0.717) is 18.5 Å². The molecule has 2 N–H and O–H groups in total. The van der Waals surface area contributed by atoms with Crippen LogP contribution in [-0.2, 0) is 4.79 Å². The van der Waals surface area contributed by atoms with E-state index in [4.69, 9.17) is 0 Å². The maximum atomic E-state index is 11.0. The molecule has 1 unspecified atom stereocenters. The molecule has 1 aliphatic heterocycles. The zero-order chi connectivity index (χ0) is 12.4. The molecule has 1 amide bonds.